The molecule has 2 heterocycles. The topological polar surface area (TPSA) is 89.2 Å². The van der Waals surface area contributed by atoms with Gasteiger partial charge in [-0.1, -0.05) is 28.1 Å². The number of carbonyl (C=O) groups is 2. The van der Waals surface area contributed by atoms with E-state index in [1.54, 1.807) is 42.5 Å². The van der Waals surface area contributed by atoms with E-state index in [2.05, 4.69) is 20.7 Å². The van der Waals surface area contributed by atoms with E-state index in [9.17, 15) is 27.9 Å². The Bertz CT molecular complexity index is 1580. The molecule has 5 rings (SSSR count). The Morgan fingerprint density at radius 3 is 2.29 bits per heavy atom. The minimum atomic E-state index is -4.89. The number of rotatable bonds is 6. The van der Waals surface area contributed by atoms with Crippen LogP contribution >= 0.6 is 15.9 Å². The number of fused-ring (bicyclic) bond motifs is 1. The van der Waals surface area contributed by atoms with Gasteiger partial charge in [0.1, 0.15) is 17.1 Å². The van der Waals surface area contributed by atoms with E-state index in [1.165, 1.54) is 25.3 Å². The van der Waals surface area contributed by atoms with Crippen LogP contribution in [0.1, 0.15) is 22.2 Å². The van der Waals surface area contributed by atoms with E-state index in [1.807, 2.05) is 0 Å². The van der Waals surface area contributed by atoms with Crippen molar-refractivity contribution < 1.29 is 41.8 Å². The number of ether oxygens (including phenoxy) is 2. The first-order valence-corrected chi connectivity index (χ1v) is 11.9. The lowest BCUT2D eigenvalue weighted by molar-refractivity contribution is -0.274. The molecule has 0 spiro atoms. The van der Waals surface area contributed by atoms with Crippen LogP contribution in [0.15, 0.2) is 93.0 Å². The zero-order valence-corrected chi connectivity index (χ0v) is 21.0. The molecule has 1 N–H and O–H groups in total. The molecule has 1 unspecified atom stereocenters. The summed E-state index contributed by atoms with van der Waals surface area (Å²) in [5.41, 5.74) is 0.766. The van der Waals surface area contributed by atoms with Crippen LogP contribution in [0.2, 0.25) is 0 Å². The van der Waals surface area contributed by atoms with Gasteiger partial charge in [-0.05, 0) is 66.2 Å². The fourth-order valence-electron chi connectivity index (χ4n) is 4.27. The summed E-state index contributed by atoms with van der Waals surface area (Å²) in [4.78, 5) is 28.1. The van der Waals surface area contributed by atoms with Gasteiger partial charge < -0.3 is 19.0 Å². The average Bonchev–Trinajstić information content (AvgIpc) is 3.42. The van der Waals surface area contributed by atoms with Gasteiger partial charge in [0.25, 0.3) is 5.91 Å². The molecule has 1 amide bonds. The molecule has 1 aliphatic rings. The summed E-state index contributed by atoms with van der Waals surface area (Å²) in [7, 11) is 1.48. The van der Waals surface area contributed by atoms with Crippen LogP contribution in [0.25, 0.3) is 11.0 Å². The van der Waals surface area contributed by atoms with Gasteiger partial charge in [-0.2, -0.15) is 0 Å². The van der Waals surface area contributed by atoms with E-state index < -0.39 is 35.6 Å². The Kier molecular flexibility index (Phi) is 6.39. The van der Waals surface area contributed by atoms with Crippen molar-refractivity contribution in [1.29, 1.82) is 0 Å². The highest BCUT2D eigenvalue weighted by Gasteiger charge is 2.45. The number of halogens is 4. The van der Waals surface area contributed by atoms with Crippen molar-refractivity contribution in [3.8, 4) is 11.5 Å². The molecule has 0 aliphatic carbocycles. The van der Waals surface area contributed by atoms with E-state index >= 15 is 0 Å². The normalized spacial score (nSPS) is 15.9. The molecule has 1 atom stereocenters. The third kappa shape index (κ3) is 4.72. The molecule has 0 saturated carbocycles. The van der Waals surface area contributed by atoms with Crippen LogP contribution in [0.4, 0.5) is 18.9 Å². The number of anilines is 1. The molecule has 1 aromatic heterocycles. The first-order chi connectivity index (χ1) is 18.1. The molecule has 4 aromatic rings. The monoisotopic (exact) mass is 587 g/mol. The van der Waals surface area contributed by atoms with Gasteiger partial charge in [0.05, 0.1) is 18.7 Å². The first-order valence-electron chi connectivity index (χ1n) is 11.1. The highest BCUT2D eigenvalue weighted by molar-refractivity contribution is 9.10. The van der Waals surface area contributed by atoms with Crippen molar-refractivity contribution in [3.63, 3.8) is 0 Å². The summed E-state index contributed by atoms with van der Waals surface area (Å²) < 4.78 is 53.4. The summed E-state index contributed by atoms with van der Waals surface area (Å²) >= 11 is 3.36. The maximum absolute atomic E-state index is 13.7. The molecular weight excluding hydrogens is 571 g/mol. The second-order valence-corrected chi connectivity index (χ2v) is 9.19. The lowest BCUT2D eigenvalue weighted by atomic mass is 9.94. The van der Waals surface area contributed by atoms with Crippen molar-refractivity contribution in [1.82, 2.24) is 0 Å². The summed E-state index contributed by atoms with van der Waals surface area (Å²) in [5.74, 6) is -2.49. The molecule has 1 aliphatic heterocycles. The van der Waals surface area contributed by atoms with Crippen LogP contribution < -0.4 is 14.4 Å². The summed E-state index contributed by atoms with van der Waals surface area (Å²) in [6.07, 6.45) is -4.89. The number of carbonyl (C=O) groups excluding carboxylic acids is 2. The summed E-state index contributed by atoms with van der Waals surface area (Å²) in [6, 6.07) is 16.6. The van der Waals surface area contributed by atoms with Crippen LogP contribution in [0, 0.1) is 0 Å². The van der Waals surface area contributed by atoms with Gasteiger partial charge >= 0.3 is 6.36 Å². The molecule has 0 bridgehead atoms. The van der Waals surface area contributed by atoms with Gasteiger partial charge in [0, 0.05) is 15.5 Å². The Morgan fingerprint density at radius 1 is 1.00 bits per heavy atom. The summed E-state index contributed by atoms with van der Waals surface area (Å²) in [6.45, 7) is 0. The number of aliphatic hydroxyl groups excluding tert-OH is 1. The summed E-state index contributed by atoms with van der Waals surface area (Å²) in [5, 5.41) is 11.5. The van der Waals surface area contributed by atoms with Crippen molar-refractivity contribution >= 4 is 44.3 Å². The molecular formula is C27H17BrF3NO6. The van der Waals surface area contributed by atoms with Gasteiger partial charge in [-0.3, -0.25) is 14.5 Å². The molecule has 3 aromatic carbocycles. The number of aliphatic hydroxyl groups is 1. The predicted octanol–water partition coefficient (Wildman–Crippen LogP) is 6.89. The minimum absolute atomic E-state index is 0.0956. The van der Waals surface area contributed by atoms with E-state index in [0.29, 0.717) is 22.3 Å². The number of Topliss-reactive ketones (excluding diaryl/α,β-unsaturated/α-hetero) is 1. The number of furan rings is 1. The standard InChI is InChI=1S/C27H17BrF3NO6/c1-36-18-7-2-14(3-8-18)23-22(24(33)21-13-15-12-16(28)4-11-20(15)37-21)25(34)26(35)32(23)17-5-9-19(10-6-17)38-27(29,30)31/h2-13,23,34H,1H3. The van der Waals surface area contributed by atoms with Crippen LogP contribution in [0.3, 0.4) is 0 Å². The minimum Gasteiger partial charge on any atom is -0.503 e. The van der Waals surface area contributed by atoms with Crippen molar-refractivity contribution in [3.05, 3.63) is 99.9 Å². The van der Waals surface area contributed by atoms with E-state index in [0.717, 1.165) is 21.5 Å². The predicted molar refractivity (Wildman–Crippen MR) is 134 cm³/mol. The molecule has 0 saturated heterocycles. The quantitative estimate of drug-likeness (QED) is 0.247. The Labute approximate surface area is 221 Å². The number of nitrogens with zero attached hydrogens (tertiary/aromatic N) is 1. The zero-order valence-electron chi connectivity index (χ0n) is 19.5. The smallest absolute Gasteiger partial charge is 0.503 e. The molecule has 0 fully saturated rings. The number of ketones is 1. The number of amides is 1. The molecule has 0 radical (unpaired) electrons. The van der Waals surface area contributed by atoms with Gasteiger partial charge in [-0.25, -0.2) is 0 Å². The van der Waals surface area contributed by atoms with Crippen LogP contribution in [-0.2, 0) is 4.79 Å². The Balaban J connectivity index is 1.59. The third-order valence-electron chi connectivity index (χ3n) is 5.93. The van der Waals surface area contributed by atoms with Crippen LogP contribution in [-0.4, -0.2) is 30.3 Å². The second kappa shape index (κ2) is 9.56. The van der Waals surface area contributed by atoms with Crippen molar-refractivity contribution in [2.75, 3.05) is 12.0 Å². The number of hydrogen-bond acceptors (Lipinski definition) is 6. The maximum atomic E-state index is 13.7. The van der Waals surface area contributed by atoms with E-state index in [-0.39, 0.29) is 17.0 Å². The molecule has 38 heavy (non-hydrogen) atoms. The lowest BCUT2D eigenvalue weighted by Gasteiger charge is -2.27. The fraction of sp³-hybridized carbons (Fsp3) is 0.111. The molecule has 11 heteroatoms. The third-order valence-corrected chi connectivity index (χ3v) is 6.43. The number of hydrogen-bond donors (Lipinski definition) is 1. The molecule has 7 nitrogen and oxygen atoms in total. The van der Waals surface area contributed by atoms with E-state index in [4.69, 9.17) is 9.15 Å². The van der Waals surface area contributed by atoms with Gasteiger partial charge in [0.15, 0.2) is 11.5 Å². The number of methoxy groups -OCH3 is 1. The molecule has 194 valence electrons. The zero-order chi connectivity index (χ0) is 27.2. The SMILES string of the molecule is COc1ccc(C2C(C(=O)c3cc4cc(Br)ccc4o3)=C(O)C(=O)N2c2ccc(OC(F)(F)F)cc2)cc1. The van der Waals surface area contributed by atoms with Crippen molar-refractivity contribution in [2.45, 2.75) is 12.4 Å². The highest BCUT2D eigenvalue weighted by Crippen LogP contribution is 2.43. The van der Waals surface area contributed by atoms with Gasteiger partial charge in [-0.15, -0.1) is 13.2 Å². The number of benzene rings is 3. The number of alkyl halides is 3. The largest absolute Gasteiger partial charge is 0.573 e. The van der Waals surface area contributed by atoms with Gasteiger partial charge in [0.2, 0.25) is 5.78 Å². The van der Waals surface area contributed by atoms with Crippen LogP contribution in [0.5, 0.6) is 11.5 Å². The van der Waals surface area contributed by atoms with Crippen molar-refractivity contribution in [2.24, 2.45) is 0 Å². The first kappa shape index (κ1) is 25.4. The Morgan fingerprint density at radius 2 is 1.66 bits per heavy atom. The highest BCUT2D eigenvalue weighted by atomic mass is 79.9. The lowest BCUT2D eigenvalue weighted by Crippen LogP contribution is -2.31. The fourth-order valence-corrected chi connectivity index (χ4v) is 4.65. The average molecular weight is 588 g/mol. The Hall–Kier alpha value is -4.25. The maximum Gasteiger partial charge on any atom is 0.573 e. The second-order valence-electron chi connectivity index (χ2n) is 8.28.